The smallest absolute Gasteiger partial charge is 0.410 e. The summed E-state index contributed by atoms with van der Waals surface area (Å²) in [6, 6.07) is 0.109. The minimum atomic E-state index is -0.514. The fourth-order valence-corrected chi connectivity index (χ4v) is 2.89. The van der Waals surface area contributed by atoms with Crippen molar-refractivity contribution in [1.82, 2.24) is 14.7 Å². The fourth-order valence-electron chi connectivity index (χ4n) is 2.89. The van der Waals surface area contributed by atoms with Gasteiger partial charge in [-0.3, -0.25) is 10.1 Å². The topological polar surface area (TPSA) is 93.7 Å². The second-order valence-corrected chi connectivity index (χ2v) is 7.04. The van der Waals surface area contributed by atoms with Crippen molar-refractivity contribution in [2.75, 3.05) is 25.0 Å². The van der Waals surface area contributed by atoms with Gasteiger partial charge in [-0.15, -0.1) is 0 Å². The van der Waals surface area contributed by atoms with Gasteiger partial charge in [0.2, 0.25) is 5.82 Å². The third kappa shape index (κ3) is 3.95. The van der Waals surface area contributed by atoms with Gasteiger partial charge in [-0.2, -0.15) is 5.10 Å². The van der Waals surface area contributed by atoms with Crippen LogP contribution in [0.25, 0.3) is 0 Å². The molecule has 0 unspecified atom stereocenters. The van der Waals surface area contributed by atoms with E-state index in [4.69, 9.17) is 4.74 Å². The van der Waals surface area contributed by atoms with Crippen LogP contribution in [0.4, 0.5) is 16.3 Å². The monoisotopic (exact) mass is 339 g/mol. The van der Waals surface area contributed by atoms with Crippen molar-refractivity contribution in [3.8, 4) is 0 Å². The summed E-state index contributed by atoms with van der Waals surface area (Å²) in [5, 5.41) is 15.1. The Morgan fingerprint density at radius 1 is 1.42 bits per heavy atom. The van der Waals surface area contributed by atoms with Gasteiger partial charge in [0.05, 0.1) is 4.92 Å². The van der Waals surface area contributed by atoms with Crippen LogP contribution < -0.4 is 4.90 Å². The number of piperidine rings is 1. The van der Waals surface area contributed by atoms with Gasteiger partial charge < -0.3 is 14.5 Å². The zero-order valence-electron chi connectivity index (χ0n) is 14.9. The highest BCUT2D eigenvalue weighted by atomic mass is 16.6. The molecule has 1 aromatic heterocycles. The number of rotatable bonds is 3. The Labute approximate surface area is 141 Å². The zero-order chi connectivity index (χ0) is 18.1. The molecule has 134 valence electrons. The van der Waals surface area contributed by atoms with Gasteiger partial charge in [-0.25, -0.2) is 9.48 Å². The quantitative estimate of drug-likeness (QED) is 0.619. The fraction of sp³-hybridized carbons (Fsp3) is 0.733. The second-order valence-electron chi connectivity index (χ2n) is 7.04. The van der Waals surface area contributed by atoms with Crippen LogP contribution in [0.1, 0.15) is 33.6 Å². The lowest BCUT2D eigenvalue weighted by Gasteiger charge is -2.37. The van der Waals surface area contributed by atoms with Crippen molar-refractivity contribution in [2.24, 2.45) is 7.05 Å². The number of nitro groups is 1. The maximum Gasteiger partial charge on any atom is 0.410 e. The summed E-state index contributed by atoms with van der Waals surface area (Å²) in [7, 11) is 3.52. The van der Waals surface area contributed by atoms with Gasteiger partial charge in [-0.1, -0.05) is 0 Å². The predicted octanol–water partition coefficient (Wildman–Crippen LogP) is 2.16. The molecule has 9 heteroatoms. The summed E-state index contributed by atoms with van der Waals surface area (Å²) in [4.78, 5) is 26.4. The number of aryl methyl sites for hydroxylation is 1. The lowest BCUT2D eigenvalue weighted by molar-refractivity contribution is -0.384. The zero-order valence-corrected chi connectivity index (χ0v) is 14.9. The summed E-state index contributed by atoms with van der Waals surface area (Å²) in [5.41, 5.74) is -0.519. The van der Waals surface area contributed by atoms with E-state index in [1.807, 2.05) is 32.7 Å². The number of anilines is 1. The van der Waals surface area contributed by atoms with Crippen LogP contribution in [0.5, 0.6) is 0 Å². The molecule has 1 amide bonds. The van der Waals surface area contributed by atoms with E-state index in [0.29, 0.717) is 18.9 Å². The number of carbonyl (C=O) groups is 1. The van der Waals surface area contributed by atoms with Gasteiger partial charge >= 0.3 is 11.8 Å². The molecular formula is C15H25N5O4. The minimum absolute atomic E-state index is 0.00503. The van der Waals surface area contributed by atoms with Crippen molar-refractivity contribution in [3.05, 3.63) is 16.3 Å². The number of likely N-dealkylation sites (tertiary alicyclic amines) is 1. The number of hydrogen-bond donors (Lipinski definition) is 0. The van der Waals surface area contributed by atoms with E-state index in [9.17, 15) is 14.9 Å². The van der Waals surface area contributed by atoms with Crippen LogP contribution in [0.15, 0.2) is 6.20 Å². The van der Waals surface area contributed by atoms with Crippen LogP contribution in [0.3, 0.4) is 0 Å². The van der Waals surface area contributed by atoms with Crippen molar-refractivity contribution >= 4 is 17.6 Å². The van der Waals surface area contributed by atoms with Gasteiger partial charge in [0, 0.05) is 33.2 Å². The van der Waals surface area contributed by atoms with Crippen molar-refractivity contribution < 1.29 is 14.5 Å². The van der Waals surface area contributed by atoms with Crippen LogP contribution in [0, 0.1) is 10.1 Å². The maximum absolute atomic E-state index is 12.1. The molecule has 1 saturated heterocycles. The average Bonchev–Trinajstić information content (AvgIpc) is 2.87. The number of hydrogen-bond acceptors (Lipinski definition) is 6. The number of carbonyl (C=O) groups excluding carboxylic acids is 1. The third-order valence-electron chi connectivity index (χ3n) is 4.08. The highest BCUT2D eigenvalue weighted by Crippen LogP contribution is 2.30. The molecule has 1 aromatic rings. The van der Waals surface area contributed by atoms with Gasteiger partial charge in [-0.05, 0) is 33.6 Å². The average molecular weight is 339 g/mol. The van der Waals surface area contributed by atoms with Crippen LogP contribution in [-0.2, 0) is 11.8 Å². The Morgan fingerprint density at radius 3 is 2.50 bits per heavy atom. The number of aromatic nitrogens is 2. The van der Waals surface area contributed by atoms with E-state index in [2.05, 4.69) is 5.10 Å². The molecule has 0 saturated carbocycles. The second kappa shape index (κ2) is 6.66. The minimum Gasteiger partial charge on any atom is -0.444 e. The first kappa shape index (κ1) is 18.0. The number of amides is 1. The van der Waals surface area contributed by atoms with Gasteiger partial charge in [0.25, 0.3) is 0 Å². The summed E-state index contributed by atoms with van der Waals surface area (Å²) in [6.07, 6.45) is 2.40. The Balaban J connectivity index is 2.01. The van der Waals surface area contributed by atoms with Gasteiger partial charge in [0.1, 0.15) is 11.8 Å². The molecule has 0 spiro atoms. The largest absolute Gasteiger partial charge is 0.444 e. The molecule has 2 rings (SSSR count). The van der Waals surface area contributed by atoms with E-state index in [0.717, 1.165) is 12.8 Å². The van der Waals surface area contributed by atoms with Crippen LogP contribution >= 0.6 is 0 Å². The molecule has 1 aliphatic rings. The van der Waals surface area contributed by atoms with E-state index in [1.54, 1.807) is 11.9 Å². The molecule has 0 aliphatic carbocycles. The molecule has 2 heterocycles. The van der Waals surface area contributed by atoms with Gasteiger partial charge in [0.15, 0.2) is 0 Å². The Hall–Kier alpha value is -2.32. The van der Waals surface area contributed by atoms with E-state index in [-0.39, 0.29) is 17.8 Å². The van der Waals surface area contributed by atoms with Crippen molar-refractivity contribution in [1.29, 1.82) is 0 Å². The van der Waals surface area contributed by atoms with Crippen molar-refractivity contribution in [3.63, 3.8) is 0 Å². The predicted molar refractivity (Wildman–Crippen MR) is 89.1 cm³/mol. The summed E-state index contributed by atoms with van der Waals surface area (Å²) in [6.45, 7) is 6.65. The first-order valence-corrected chi connectivity index (χ1v) is 7.97. The van der Waals surface area contributed by atoms with Crippen LogP contribution in [0.2, 0.25) is 0 Å². The first-order valence-electron chi connectivity index (χ1n) is 7.97. The van der Waals surface area contributed by atoms with Crippen molar-refractivity contribution in [2.45, 2.75) is 45.3 Å². The Kier molecular flexibility index (Phi) is 5.00. The summed E-state index contributed by atoms with van der Waals surface area (Å²) >= 11 is 0. The maximum atomic E-state index is 12.1. The Morgan fingerprint density at radius 2 is 2.00 bits per heavy atom. The molecule has 0 atom stereocenters. The highest BCUT2D eigenvalue weighted by molar-refractivity contribution is 5.68. The lowest BCUT2D eigenvalue weighted by atomic mass is 10.0. The molecule has 0 N–H and O–H groups in total. The number of nitrogens with zero attached hydrogens (tertiary/aromatic N) is 5. The van der Waals surface area contributed by atoms with Crippen LogP contribution in [-0.4, -0.2) is 57.5 Å². The summed E-state index contributed by atoms with van der Waals surface area (Å²) in [5.74, 6) is 0.482. The molecule has 0 bridgehead atoms. The highest BCUT2D eigenvalue weighted by Gasteiger charge is 2.32. The first-order chi connectivity index (χ1) is 11.1. The van der Waals surface area contributed by atoms with E-state index in [1.165, 1.54) is 10.9 Å². The summed E-state index contributed by atoms with van der Waals surface area (Å²) < 4.78 is 6.90. The molecule has 0 aromatic carbocycles. The Bertz CT molecular complexity index is 614. The molecule has 0 radical (unpaired) electrons. The normalized spacial score (nSPS) is 16.1. The third-order valence-corrected chi connectivity index (χ3v) is 4.08. The SMILES string of the molecule is CN(c1c([N+](=O)[O-])cnn1C)C1CCN(C(=O)OC(C)(C)C)CC1. The van der Waals surface area contributed by atoms with E-state index < -0.39 is 10.5 Å². The molecule has 24 heavy (non-hydrogen) atoms. The standard InChI is InChI=1S/C15H25N5O4/c1-15(2,3)24-14(21)19-8-6-11(7-9-19)17(4)13-12(20(22)23)10-16-18(13)5/h10-11H,6-9H2,1-5H3. The molecular weight excluding hydrogens is 314 g/mol. The molecule has 9 nitrogen and oxygen atoms in total. The number of ether oxygens (including phenoxy) is 1. The molecule has 1 aliphatic heterocycles. The molecule has 1 fully saturated rings. The van der Waals surface area contributed by atoms with E-state index >= 15 is 0 Å². The lowest BCUT2D eigenvalue weighted by Crippen LogP contribution is -2.47.